The van der Waals surface area contributed by atoms with Crippen molar-refractivity contribution >= 4 is 23.3 Å². The molecular weight excluding hydrogens is 240 g/mol. The molecule has 92 valence electrons. The molecule has 17 heavy (non-hydrogen) atoms. The zero-order chi connectivity index (χ0) is 12.1. The van der Waals surface area contributed by atoms with E-state index >= 15 is 0 Å². The Morgan fingerprint density at radius 2 is 2.18 bits per heavy atom. The molecule has 0 aliphatic carbocycles. The Morgan fingerprint density at radius 3 is 2.88 bits per heavy atom. The number of piperidine rings is 1. The highest BCUT2D eigenvalue weighted by molar-refractivity contribution is 6.28. The van der Waals surface area contributed by atoms with Crippen molar-refractivity contribution in [3.8, 4) is 0 Å². The third-order valence-electron chi connectivity index (χ3n) is 2.76. The summed E-state index contributed by atoms with van der Waals surface area (Å²) in [6.07, 6.45) is 4.98. The second-order valence-electron chi connectivity index (χ2n) is 4.01. The van der Waals surface area contributed by atoms with Crippen LogP contribution in [-0.2, 0) is 4.79 Å². The van der Waals surface area contributed by atoms with E-state index in [9.17, 15) is 4.79 Å². The summed E-state index contributed by atoms with van der Waals surface area (Å²) in [6.45, 7) is 1.99. The van der Waals surface area contributed by atoms with Crippen LogP contribution >= 0.6 is 11.6 Å². The van der Waals surface area contributed by atoms with Crippen LogP contribution in [0.1, 0.15) is 19.3 Å². The van der Waals surface area contributed by atoms with Crippen LogP contribution in [0.25, 0.3) is 0 Å². The predicted molar refractivity (Wildman–Crippen MR) is 66.0 cm³/mol. The molecule has 1 aliphatic heterocycles. The van der Waals surface area contributed by atoms with Crippen molar-refractivity contribution in [1.29, 1.82) is 0 Å². The zero-order valence-electron chi connectivity index (χ0n) is 9.53. The van der Waals surface area contributed by atoms with Crippen LogP contribution in [0, 0.1) is 0 Å². The van der Waals surface area contributed by atoms with Crippen molar-refractivity contribution in [3.05, 3.63) is 17.5 Å². The molecule has 1 N–H and O–H groups in total. The SMILES string of the molecule is O=C(CNc1ccnc(Cl)n1)N1CCCCC1. The number of carbonyl (C=O) groups is 1. The lowest BCUT2D eigenvalue weighted by molar-refractivity contribution is -0.130. The minimum Gasteiger partial charge on any atom is -0.361 e. The molecule has 0 aromatic carbocycles. The van der Waals surface area contributed by atoms with E-state index in [2.05, 4.69) is 15.3 Å². The van der Waals surface area contributed by atoms with E-state index < -0.39 is 0 Å². The van der Waals surface area contributed by atoms with Gasteiger partial charge >= 0.3 is 0 Å². The molecule has 1 fully saturated rings. The van der Waals surface area contributed by atoms with Crippen molar-refractivity contribution in [1.82, 2.24) is 14.9 Å². The molecule has 0 radical (unpaired) electrons. The number of anilines is 1. The molecule has 1 aromatic rings. The summed E-state index contributed by atoms with van der Waals surface area (Å²) in [5.41, 5.74) is 0. The van der Waals surface area contributed by atoms with Gasteiger partial charge in [-0.1, -0.05) is 0 Å². The maximum absolute atomic E-state index is 11.8. The van der Waals surface area contributed by atoms with Gasteiger partial charge in [-0.25, -0.2) is 9.97 Å². The summed E-state index contributed by atoms with van der Waals surface area (Å²) < 4.78 is 0. The zero-order valence-corrected chi connectivity index (χ0v) is 10.3. The van der Waals surface area contributed by atoms with E-state index in [4.69, 9.17) is 11.6 Å². The highest BCUT2D eigenvalue weighted by atomic mass is 35.5. The lowest BCUT2D eigenvalue weighted by atomic mass is 10.1. The highest BCUT2D eigenvalue weighted by Gasteiger charge is 2.15. The predicted octanol–water partition coefficient (Wildman–Crippen LogP) is 1.55. The van der Waals surface area contributed by atoms with Crippen molar-refractivity contribution in [2.45, 2.75) is 19.3 Å². The molecule has 1 saturated heterocycles. The van der Waals surface area contributed by atoms with E-state index in [1.54, 1.807) is 12.3 Å². The smallest absolute Gasteiger partial charge is 0.241 e. The number of hydrogen-bond donors (Lipinski definition) is 1. The molecule has 0 unspecified atom stereocenters. The molecule has 0 atom stereocenters. The number of nitrogens with zero attached hydrogens (tertiary/aromatic N) is 3. The summed E-state index contributed by atoms with van der Waals surface area (Å²) in [5.74, 6) is 0.690. The summed E-state index contributed by atoms with van der Waals surface area (Å²) in [4.78, 5) is 21.5. The third kappa shape index (κ3) is 3.56. The average Bonchev–Trinajstić information content (AvgIpc) is 2.37. The Hall–Kier alpha value is -1.36. The first kappa shape index (κ1) is 12.1. The summed E-state index contributed by atoms with van der Waals surface area (Å²) in [7, 11) is 0. The Balaban J connectivity index is 1.83. The van der Waals surface area contributed by atoms with Gasteiger partial charge in [-0.05, 0) is 36.9 Å². The second kappa shape index (κ2) is 5.82. The van der Waals surface area contributed by atoms with Crippen LogP contribution in [0.15, 0.2) is 12.3 Å². The van der Waals surface area contributed by atoms with Gasteiger partial charge in [0.05, 0.1) is 6.54 Å². The quantitative estimate of drug-likeness (QED) is 0.832. The molecule has 0 spiro atoms. The minimum atomic E-state index is 0.111. The van der Waals surface area contributed by atoms with E-state index in [-0.39, 0.29) is 17.7 Å². The highest BCUT2D eigenvalue weighted by Crippen LogP contribution is 2.09. The fourth-order valence-electron chi connectivity index (χ4n) is 1.85. The van der Waals surface area contributed by atoms with Crippen molar-refractivity contribution in [2.24, 2.45) is 0 Å². The maximum Gasteiger partial charge on any atom is 0.241 e. The number of halogens is 1. The number of amides is 1. The van der Waals surface area contributed by atoms with Gasteiger partial charge in [-0.3, -0.25) is 4.79 Å². The van der Waals surface area contributed by atoms with Crippen LogP contribution in [0.2, 0.25) is 5.28 Å². The van der Waals surface area contributed by atoms with Crippen LogP contribution in [0.3, 0.4) is 0 Å². The summed E-state index contributed by atoms with van der Waals surface area (Å²) in [5, 5.41) is 3.14. The van der Waals surface area contributed by atoms with Crippen LogP contribution in [0.5, 0.6) is 0 Å². The molecule has 2 rings (SSSR count). The number of aromatic nitrogens is 2. The first-order chi connectivity index (χ1) is 8.25. The van der Waals surface area contributed by atoms with E-state index in [1.165, 1.54) is 6.42 Å². The Bertz CT molecular complexity index is 393. The van der Waals surface area contributed by atoms with Gasteiger partial charge in [-0.2, -0.15) is 0 Å². The summed E-state index contributed by atoms with van der Waals surface area (Å²) in [6, 6.07) is 1.69. The van der Waals surface area contributed by atoms with Gasteiger partial charge in [0.25, 0.3) is 0 Å². The largest absolute Gasteiger partial charge is 0.361 e. The number of rotatable bonds is 3. The van der Waals surface area contributed by atoms with Gasteiger partial charge < -0.3 is 10.2 Å². The molecule has 6 heteroatoms. The number of hydrogen-bond acceptors (Lipinski definition) is 4. The van der Waals surface area contributed by atoms with E-state index in [0.717, 1.165) is 25.9 Å². The maximum atomic E-state index is 11.8. The molecule has 0 saturated carbocycles. The Kier molecular flexibility index (Phi) is 4.14. The number of carbonyl (C=O) groups excluding carboxylic acids is 1. The van der Waals surface area contributed by atoms with Gasteiger partial charge in [0.2, 0.25) is 11.2 Å². The van der Waals surface area contributed by atoms with Crippen LogP contribution < -0.4 is 5.32 Å². The minimum absolute atomic E-state index is 0.111. The number of likely N-dealkylation sites (tertiary alicyclic amines) is 1. The normalized spacial score (nSPS) is 15.7. The summed E-state index contributed by atoms with van der Waals surface area (Å²) >= 11 is 5.65. The van der Waals surface area contributed by atoms with Gasteiger partial charge in [0, 0.05) is 19.3 Å². The van der Waals surface area contributed by atoms with Crippen molar-refractivity contribution in [3.63, 3.8) is 0 Å². The molecule has 0 bridgehead atoms. The molecule has 2 heterocycles. The van der Waals surface area contributed by atoms with Crippen molar-refractivity contribution in [2.75, 3.05) is 25.0 Å². The van der Waals surface area contributed by atoms with Crippen LogP contribution in [0.4, 0.5) is 5.82 Å². The standard InChI is InChI=1S/C11H15ClN4O/c12-11-13-5-4-9(15-11)14-8-10(17)16-6-2-1-3-7-16/h4-5H,1-3,6-8H2,(H,13,14,15). The third-order valence-corrected chi connectivity index (χ3v) is 2.94. The fourth-order valence-corrected chi connectivity index (χ4v) is 2.00. The lowest BCUT2D eigenvalue weighted by Gasteiger charge is -2.26. The van der Waals surface area contributed by atoms with Crippen LogP contribution in [-0.4, -0.2) is 40.4 Å². The Labute approximate surface area is 105 Å². The van der Waals surface area contributed by atoms with Gasteiger partial charge in [0.15, 0.2) is 0 Å². The molecule has 1 aromatic heterocycles. The van der Waals surface area contributed by atoms with Gasteiger partial charge in [0.1, 0.15) is 5.82 Å². The molecule has 1 amide bonds. The first-order valence-corrected chi connectivity index (χ1v) is 6.14. The monoisotopic (exact) mass is 254 g/mol. The fraction of sp³-hybridized carbons (Fsp3) is 0.545. The van der Waals surface area contributed by atoms with E-state index in [0.29, 0.717) is 5.82 Å². The van der Waals surface area contributed by atoms with Gasteiger partial charge in [-0.15, -0.1) is 0 Å². The Morgan fingerprint density at radius 1 is 1.41 bits per heavy atom. The molecule has 5 nitrogen and oxygen atoms in total. The van der Waals surface area contributed by atoms with Crippen molar-refractivity contribution < 1.29 is 4.79 Å². The lowest BCUT2D eigenvalue weighted by Crippen LogP contribution is -2.39. The first-order valence-electron chi connectivity index (χ1n) is 5.76. The molecular formula is C11H15ClN4O. The second-order valence-corrected chi connectivity index (χ2v) is 4.34. The van der Waals surface area contributed by atoms with E-state index in [1.807, 2.05) is 4.90 Å². The average molecular weight is 255 g/mol. The topological polar surface area (TPSA) is 58.1 Å². The molecule has 1 aliphatic rings. The number of nitrogens with one attached hydrogen (secondary N) is 1.